The summed E-state index contributed by atoms with van der Waals surface area (Å²) in [7, 11) is 1.51. The second kappa shape index (κ2) is 8.91. The predicted molar refractivity (Wildman–Crippen MR) is 115 cm³/mol. The Bertz CT molecular complexity index is 1090. The fraction of sp³-hybridized carbons (Fsp3) is 0.143. The number of aliphatic imine (C=N–C) groups is 1. The molecule has 154 valence electrons. The highest BCUT2D eigenvalue weighted by atomic mass is 79.9. The van der Waals surface area contributed by atoms with Gasteiger partial charge in [0.05, 0.1) is 16.5 Å². The van der Waals surface area contributed by atoms with Crippen LogP contribution in [0.25, 0.3) is 6.08 Å². The number of non-ortho nitro benzene ring substituents is 1. The number of carbonyl (C=O) groups excluding carboxylic acids is 1. The number of carbonyl (C=O) groups is 1. The molecule has 0 amide bonds. The zero-order chi connectivity index (χ0) is 21.8. The molecule has 30 heavy (non-hydrogen) atoms. The zero-order valence-corrected chi connectivity index (χ0v) is 17.8. The maximum absolute atomic E-state index is 12.2. The number of halogens is 1. The normalized spacial score (nSPS) is 14.3. The summed E-state index contributed by atoms with van der Waals surface area (Å²) in [6.07, 6.45) is 1.55. The van der Waals surface area contributed by atoms with E-state index in [1.54, 1.807) is 18.2 Å². The number of rotatable bonds is 7. The molecule has 1 aliphatic heterocycles. The van der Waals surface area contributed by atoms with Crippen LogP contribution in [-0.4, -0.2) is 30.5 Å². The summed E-state index contributed by atoms with van der Waals surface area (Å²) in [5, 5.41) is 10.8. The number of nitrogens with zero attached hydrogens (tertiary/aromatic N) is 2. The second-order valence-corrected chi connectivity index (χ2v) is 7.27. The largest absolute Gasteiger partial charge is 0.493 e. The van der Waals surface area contributed by atoms with E-state index in [2.05, 4.69) is 27.5 Å². The van der Waals surface area contributed by atoms with Crippen LogP contribution in [0.4, 0.5) is 5.69 Å². The highest BCUT2D eigenvalue weighted by Crippen LogP contribution is 2.37. The smallest absolute Gasteiger partial charge is 0.363 e. The number of nitro benzene ring substituents is 1. The molecule has 0 radical (unpaired) electrons. The van der Waals surface area contributed by atoms with Crippen molar-refractivity contribution in [2.24, 2.45) is 4.99 Å². The molecule has 0 aliphatic carbocycles. The summed E-state index contributed by atoms with van der Waals surface area (Å²) in [6.45, 7) is 6.00. The predicted octanol–water partition coefficient (Wildman–Crippen LogP) is 4.67. The van der Waals surface area contributed by atoms with E-state index in [-0.39, 0.29) is 17.3 Å². The molecular formula is C21H17BrN2O6. The Labute approximate surface area is 180 Å². The Kier molecular flexibility index (Phi) is 6.31. The van der Waals surface area contributed by atoms with Crippen LogP contribution < -0.4 is 9.47 Å². The summed E-state index contributed by atoms with van der Waals surface area (Å²) < 4.78 is 16.9. The molecule has 0 aromatic heterocycles. The van der Waals surface area contributed by atoms with Crippen LogP contribution in [0.15, 0.2) is 63.7 Å². The van der Waals surface area contributed by atoms with Crippen molar-refractivity contribution in [3.63, 3.8) is 0 Å². The van der Waals surface area contributed by atoms with Crippen molar-refractivity contribution < 1.29 is 23.9 Å². The standard InChI is InChI=1S/C21H17BrN2O6/c1-12(2)11-29-19-16(22)8-13(10-18(19)28-3)9-17-21(25)30-20(23-17)14-4-6-15(7-5-14)24(26)27/h4-10H,1,11H2,2-3H3/b17-9-. The molecule has 2 aromatic carbocycles. The molecule has 0 atom stereocenters. The van der Waals surface area contributed by atoms with Gasteiger partial charge in [0.1, 0.15) is 6.61 Å². The number of nitro groups is 1. The van der Waals surface area contributed by atoms with Crippen LogP contribution in [0.1, 0.15) is 18.1 Å². The number of benzene rings is 2. The third-order valence-corrected chi connectivity index (χ3v) is 4.55. The lowest BCUT2D eigenvalue weighted by Gasteiger charge is -2.13. The molecule has 0 N–H and O–H groups in total. The second-order valence-electron chi connectivity index (χ2n) is 6.42. The Morgan fingerprint density at radius 2 is 2.03 bits per heavy atom. The number of cyclic esters (lactones) is 1. The minimum atomic E-state index is -0.624. The van der Waals surface area contributed by atoms with E-state index in [1.807, 2.05) is 6.92 Å². The minimum absolute atomic E-state index is 0.0645. The number of methoxy groups -OCH3 is 1. The molecule has 1 aliphatic rings. The third kappa shape index (κ3) is 4.74. The quantitative estimate of drug-likeness (QED) is 0.191. The Hall–Kier alpha value is -3.46. The van der Waals surface area contributed by atoms with Gasteiger partial charge in [-0.3, -0.25) is 10.1 Å². The minimum Gasteiger partial charge on any atom is -0.493 e. The van der Waals surface area contributed by atoms with Crippen molar-refractivity contribution in [3.05, 3.63) is 80.0 Å². The fourth-order valence-corrected chi connectivity index (χ4v) is 3.15. The SMILES string of the molecule is C=C(C)COc1c(Br)cc(/C=C2\N=C(c3ccc([N+](=O)[O-])cc3)OC2=O)cc1OC. The van der Waals surface area contributed by atoms with E-state index in [0.29, 0.717) is 33.7 Å². The Morgan fingerprint density at radius 3 is 2.63 bits per heavy atom. The first-order chi connectivity index (χ1) is 14.3. The van der Waals surface area contributed by atoms with Gasteiger partial charge in [0.15, 0.2) is 17.2 Å². The summed E-state index contributed by atoms with van der Waals surface area (Å²) in [4.78, 5) is 26.7. The average molecular weight is 473 g/mol. The maximum Gasteiger partial charge on any atom is 0.363 e. The van der Waals surface area contributed by atoms with Gasteiger partial charge in [-0.05, 0) is 64.3 Å². The van der Waals surface area contributed by atoms with E-state index < -0.39 is 10.9 Å². The molecule has 3 rings (SSSR count). The highest BCUT2D eigenvalue weighted by Gasteiger charge is 2.25. The van der Waals surface area contributed by atoms with Crippen LogP contribution in [0.3, 0.4) is 0 Å². The van der Waals surface area contributed by atoms with E-state index in [9.17, 15) is 14.9 Å². The summed E-state index contributed by atoms with van der Waals surface area (Å²) >= 11 is 3.45. The lowest BCUT2D eigenvalue weighted by Crippen LogP contribution is -2.05. The third-order valence-electron chi connectivity index (χ3n) is 3.96. The van der Waals surface area contributed by atoms with E-state index in [0.717, 1.165) is 5.57 Å². The Morgan fingerprint density at radius 1 is 1.33 bits per heavy atom. The molecule has 0 bridgehead atoms. The topological polar surface area (TPSA) is 100 Å². The molecule has 0 saturated carbocycles. The lowest BCUT2D eigenvalue weighted by atomic mass is 10.1. The van der Waals surface area contributed by atoms with Crippen molar-refractivity contribution in [3.8, 4) is 11.5 Å². The van der Waals surface area contributed by atoms with E-state index in [4.69, 9.17) is 14.2 Å². The molecule has 8 nitrogen and oxygen atoms in total. The van der Waals surface area contributed by atoms with Gasteiger partial charge in [0.2, 0.25) is 5.90 Å². The van der Waals surface area contributed by atoms with Gasteiger partial charge in [-0.15, -0.1) is 0 Å². The lowest BCUT2D eigenvalue weighted by molar-refractivity contribution is -0.384. The molecule has 2 aromatic rings. The number of hydrogen-bond donors (Lipinski definition) is 0. The van der Waals surface area contributed by atoms with Crippen LogP contribution in [0.2, 0.25) is 0 Å². The van der Waals surface area contributed by atoms with Gasteiger partial charge in [0.25, 0.3) is 5.69 Å². The fourth-order valence-electron chi connectivity index (χ4n) is 2.57. The highest BCUT2D eigenvalue weighted by molar-refractivity contribution is 9.10. The molecule has 0 unspecified atom stereocenters. The first-order valence-corrected chi connectivity index (χ1v) is 9.50. The number of hydrogen-bond acceptors (Lipinski definition) is 7. The number of ether oxygens (including phenoxy) is 3. The van der Waals surface area contributed by atoms with Crippen molar-refractivity contribution >= 4 is 39.6 Å². The van der Waals surface area contributed by atoms with Gasteiger partial charge in [-0.25, -0.2) is 9.79 Å². The molecule has 0 saturated heterocycles. The van der Waals surface area contributed by atoms with Crippen LogP contribution in [0.5, 0.6) is 11.5 Å². The van der Waals surface area contributed by atoms with Gasteiger partial charge in [-0.1, -0.05) is 6.58 Å². The van der Waals surface area contributed by atoms with Crippen molar-refractivity contribution in [1.82, 2.24) is 0 Å². The average Bonchev–Trinajstić information content (AvgIpc) is 3.07. The molecule has 0 fully saturated rings. The van der Waals surface area contributed by atoms with Gasteiger partial charge >= 0.3 is 5.97 Å². The summed E-state index contributed by atoms with van der Waals surface area (Å²) in [6, 6.07) is 9.05. The maximum atomic E-state index is 12.2. The van der Waals surface area contributed by atoms with Crippen molar-refractivity contribution in [2.45, 2.75) is 6.92 Å². The Balaban J connectivity index is 1.90. The molecular weight excluding hydrogens is 456 g/mol. The van der Waals surface area contributed by atoms with Crippen LogP contribution in [-0.2, 0) is 9.53 Å². The van der Waals surface area contributed by atoms with E-state index in [1.165, 1.54) is 31.4 Å². The summed E-state index contributed by atoms with van der Waals surface area (Å²) in [5.74, 6) is 0.449. The molecule has 1 heterocycles. The van der Waals surface area contributed by atoms with Crippen molar-refractivity contribution in [1.29, 1.82) is 0 Å². The van der Waals surface area contributed by atoms with Gasteiger partial charge in [0, 0.05) is 17.7 Å². The zero-order valence-electron chi connectivity index (χ0n) is 16.2. The monoisotopic (exact) mass is 472 g/mol. The first-order valence-electron chi connectivity index (χ1n) is 8.70. The number of esters is 1. The van der Waals surface area contributed by atoms with Gasteiger partial charge in [-0.2, -0.15) is 0 Å². The van der Waals surface area contributed by atoms with Gasteiger partial charge < -0.3 is 14.2 Å². The molecule has 9 heteroatoms. The summed E-state index contributed by atoms with van der Waals surface area (Å²) in [5.41, 5.74) is 1.98. The van der Waals surface area contributed by atoms with E-state index >= 15 is 0 Å². The first kappa shape index (κ1) is 21.3. The van der Waals surface area contributed by atoms with Crippen LogP contribution >= 0.6 is 15.9 Å². The van der Waals surface area contributed by atoms with Crippen LogP contribution in [0, 0.1) is 10.1 Å². The molecule has 0 spiro atoms. The van der Waals surface area contributed by atoms with Crippen molar-refractivity contribution in [2.75, 3.05) is 13.7 Å².